The molecule has 1 amide bonds. The monoisotopic (exact) mass is 330 g/mol. The van der Waals surface area contributed by atoms with Crippen molar-refractivity contribution < 1.29 is 4.79 Å². The van der Waals surface area contributed by atoms with Crippen molar-refractivity contribution in [1.29, 1.82) is 0 Å². The number of carbonyl (C=O) groups excluding carboxylic acids is 1. The summed E-state index contributed by atoms with van der Waals surface area (Å²) in [5.74, 6) is 1.11. The average molecular weight is 330 g/mol. The van der Waals surface area contributed by atoms with Gasteiger partial charge in [0.1, 0.15) is 0 Å². The van der Waals surface area contributed by atoms with Crippen molar-refractivity contribution in [2.45, 2.75) is 38.5 Å². The second-order valence-electron chi connectivity index (χ2n) is 5.59. The molecule has 1 heterocycles. The maximum absolute atomic E-state index is 11.8. The molecule has 0 aliphatic rings. The molecule has 122 valence electrons. The van der Waals surface area contributed by atoms with Crippen LogP contribution in [0.4, 0.5) is 0 Å². The van der Waals surface area contributed by atoms with E-state index in [1.165, 1.54) is 17.3 Å². The fraction of sp³-hybridized carbons (Fsp3) is 0.353. The average Bonchev–Trinajstić information content (AvgIpc) is 2.88. The molecule has 1 N–H and O–H groups in total. The lowest BCUT2D eigenvalue weighted by molar-refractivity contribution is -0.119. The number of nitrogens with zero attached hydrogens (tertiary/aromatic N) is 3. The summed E-state index contributed by atoms with van der Waals surface area (Å²) in [6.07, 6.45) is 1.81. The molecule has 0 saturated heterocycles. The van der Waals surface area contributed by atoms with Crippen molar-refractivity contribution in [3.8, 4) is 11.4 Å². The third-order valence-electron chi connectivity index (χ3n) is 3.09. The number of aromatic nitrogens is 3. The van der Waals surface area contributed by atoms with E-state index < -0.39 is 0 Å². The number of benzene rings is 1. The first-order chi connectivity index (χ1) is 11.0. The lowest BCUT2D eigenvalue weighted by Gasteiger charge is -2.09. The molecule has 6 heteroatoms. The van der Waals surface area contributed by atoms with Crippen LogP contribution < -0.4 is 5.32 Å². The maximum atomic E-state index is 11.8. The molecule has 2 rings (SSSR count). The van der Waals surface area contributed by atoms with Crippen LogP contribution in [-0.2, 0) is 11.3 Å². The zero-order chi connectivity index (χ0) is 16.8. The molecular formula is C17H22N4OS. The van der Waals surface area contributed by atoms with Crippen LogP contribution >= 0.6 is 11.8 Å². The standard InChI is InChI=1S/C17H22N4OS/c1-5-9-21-16(14-8-6-7-13(4)10-14)19-20-17(21)23-11-15(22)18-12(2)3/h5-8,10,12H,1,9,11H2,2-4H3,(H,18,22). The zero-order valence-electron chi connectivity index (χ0n) is 13.7. The van der Waals surface area contributed by atoms with Crippen molar-refractivity contribution in [2.75, 3.05) is 5.75 Å². The Labute approximate surface area is 141 Å². The summed E-state index contributed by atoms with van der Waals surface area (Å²) in [4.78, 5) is 11.8. The van der Waals surface area contributed by atoms with Crippen LogP contribution in [0.2, 0.25) is 0 Å². The van der Waals surface area contributed by atoms with Gasteiger partial charge in [0.05, 0.1) is 5.75 Å². The number of thioether (sulfide) groups is 1. The second kappa shape index (κ2) is 7.97. The van der Waals surface area contributed by atoms with Crippen molar-refractivity contribution in [3.05, 3.63) is 42.5 Å². The summed E-state index contributed by atoms with van der Waals surface area (Å²) in [5, 5.41) is 12.1. The summed E-state index contributed by atoms with van der Waals surface area (Å²) in [6.45, 7) is 10.3. The molecule has 23 heavy (non-hydrogen) atoms. The summed E-state index contributed by atoms with van der Waals surface area (Å²) in [6, 6.07) is 8.27. The molecule has 0 atom stereocenters. The molecule has 0 aliphatic heterocycles. The van der Waals surface area contributed by atoms with Crippen LogP contribution in [-0.4, -0.2) is 32.5 Å². The van der Waals surface area contributed by atoms with Gasteiger partial charge >= 0.3 is 0 Å². The smallest absolute Gasteiger partial charge is 0.230 e. The lowest BCUT2D eigenvalue weighted by atomic mass is 10.1. The van der Waals surface area contributed by atoms with Crippen molar-refractivity contribution in [3.63, 3.8) is 0 Å². The Morgan fingerprint density at radius 1 is 1.43 bits per heavy atom. The Bertz CT molecular complexity index is 694. The van der Waals surface area contributed by atoms with Gasteiger partial charge in [-0.2, -0.15) is 0 Å². The number of rotatable bonds is 7. The zero-order valence-corrected chi connectivity index (χ0v) is 14.6. The van der Waals surface area contributed by atoms with Crippen LogP contribution in [0, 0.1) is 6.92 Å². The minimum absolute atomic E-state index is 0.00439. The summed E-state index contributed by atoms with van der Waals surface area (Å²) < 4.78 is 1.98. The Kier molecular flexibility index (Phi) is 5.98. The Hall–Kier alpha value is -2.08. The Morgan fingerprint density at radius 3 is 2.87 bits per heavy atom. The van der Waals surface area contributed by atoms with E-state index in [1.807, 2.05) is 43.5 Å². The molecule has 0 fully saturated rings. The third-order valence-corrected chi connectivity index (χ3v) is 4.05. The molecule has 0 unspecified atom stereocenters. The van der Waals surface area contributed by atoms with Gasteiger partial charge in [0.15, 0.2) is 11.0 Å². The van der Waals surface area contributed by atoms with E-state index in [4.69, 9.17) is 0 Å². The molecular weight excluding hydrogens is 308 g/mol. The van der Waals surface area contributed by atoms with Crippen LogP contribution in [0.25, 0.3) is 11.4 Å². The van der Waals surface area contributed by atoms with Gasteiger partial charge in [-0.15, -0.1) is 16.8 Å². The number of aryl methyl sites for hydroxylation is 1. The second-order valence-corrected chi connectivity index (χ2v) is 6.53. The highest BCUT2D eigenvalue weighted by Gasteiger charge is 2.15. The van der Waals surface area contributed by atoms with E-state index in [-0.39, 0.29) is 11.9 Å². The Balaban J connectivity index is 2.21. The predicted octanol–water partition coefficient (Wildman–Crippen LogP) is 3.06. The van der Waals surface area contributed by atoms with E-state index in [0.717, 1.165) is 16.5 Å². The van der Waals surface area contributed by atoms with Crippen LogP contribution in [0.1, 0.15) is 19.4 Å². The fourth-order valence-corrected chi connectivity index (χ4v) is 2.94. The lowest BCUT2D eigenvalue weighted by Crippen LogP contribution is -2.31. The van der Waals surface area contributed by atoms with Crippen molar-refractivity contribution in [2.24, 2.45) is 0 Å². The highest BCUT2D eigenvalue weighted by Crippen LogP contribution is 2.24. The molecule has 1 aromatic carbocycles. The molecule has 0 aliphatic carbocycles. The van der Waals surface area contributed by atoms with Crippen molar-refractivity contribution >= 4 is 17.7 Å². The van der Waals surface area contributed by atoms with E-state index in [9.17, 15) is 4.79 Å². The molecule has 0 saturated carbocycles. The predicted molar refractivity (Wildman–Crippen MR) is 94.4 cm³/mol. The van der Waals surface area contributed by atoms with Gasteiger partial charge in [0.2, 0.25) is 5.91 Å². The molecule has 1 aromatic heterocycles. The largest absolute Gasteiger partial charge is 0.353 e. The number of hydrogen-bond donors (Lipinski definition) is 1. The number of carbonyl (C=O) groups is 1. The van der Waals surface area contributed by atoms with E-state index in [0.29, 0.717) is 12.3 Å². The van der Waals surface area contributed by atoms with Gasteiger partial charge in [-0.3, -0.25) is 9.36 Å². The first kappa shape index (κ1) is 17.3. The van der Waals surface area contributed by atoms with Gasteiger partial charge in [-0.05, 0) is 26.8 Å². The highest BCUT2D eigenvalue weighted by atomic mass is 32.2. The number of allylic oxidation sites excluding steroid dienone is 1. The van der Waals surface area contributed by atoms with Crippen LogP contribution in [0.3, 0.4) is 0 Å². The number of amides is 1. The Morgan fingerprint density at radius 2 is 2.22 bits per heavy atom. The van der Waals surface area contributed by atoms with Gasteiger partial charge in [0, 0.05) is 18.2 Å². The SMILES string of the molecule is C=CCn1c(SCC(=O)NC(C)C)nnc1-c1cccc(C)c1. The maximum Gasteiger partial charge on any atom is 0.230 e. The first-order valence-electron chi connectivity index (χ1n) is 7.54. The molecule has 0 radical (unpaired) electrons. The minimum atomic E-state index is -0.00439. The quantitative estimate of drug-likeness (QED) is 0.626. The van der Waals surface area contributed by atoms with E-state index in [2.05, 4.69) is 28.2 Å². The summed E-state index contributed by atoms with van der Waals surface area (Å²) >= 11 is 1.39. The molecule has 0 spiro atoms. The van der Waals surface area contributed by atoms with E-state index >= 15 is 0 Å². The van der Waals surface area contributed by atoms with Gasteiger partial charge in [0.25, 0.3) is 0 Å². The molecule has 0 bridgehead atoms. The van der Waals surface area contributed by atoms with Crippen LogP contribution in [0.15, 0.2) is 42.1 Å². The molecule has 2 aromatic rings. The number of nitrogens with one attached hydrogen (secondary N) is 1. The fourth-order valence-electron chi connectivity index (χ4n) is 2.18. The topological polar surface area (TPSA) is 59.8 Å². The highest BCUT2D eigenvalue weighted by molar-refractivity contribution is 7.99. The van der Waals surface area contributed by atoms with Gasteiger partial charge < -0.3 is 5.32 Å². The van der Waals surface area contributed by atoms with Crippen LogP contribution in [0.5, 0.6) is 0 Å². The normalized spacial score (nSPS) is 10.8. The number of hydrogen-bond acceptors (Lipinski definition) is 4. The summed E-state index contributed by atoms with van der Waals surface area (Å²) in [5.41, 5.74) is 2.18. The third kappa shape index (κ3) is 4.69. The molecule has 5 nitrogen and oxygen atoms in total. The van der Waals surface area contributed by atoms with Crippen molar-refractivity contribution in [1.82, 2.24) is 20.1 Å². The minimum Gasteiger partial charge on any atom is -0.353 e. The van der Waals surface area contributed by atoms with Gasteiger partial charge in [-0.25, -0.2) is 0 Å². The first-order valence-corrected chi connectivity index (χ1v) is 8.53. The van der Waals surface area contributed by atoms with E-state index in [1.54, 1.807) is 6.08 Å². The van der Waals surface area contributed by atoms with Gasteiger partial charge in [-0.1, -0.05) is 41.6 Å². The summed E-state index contributed by atoms with van der Waals surface area (Å²) in [7, 11) is 0.